The highest BCUT2D eigenvalue weighted by molar-refractivity contribution is 7.90. The molecule has 1 aromatic heterocycles. The molecular weight excluding hydrogens is 507 g/mol. The molecule has 2 aliphatic carbocycles. The summed E-state index contributed by atoms with van der Waals surface area (Å²) in [5.41, 5.74) is 9.64. The average molecular weight is 529 g/mol. The number of nitrogens with zero attached hydrogens (tertiary/aromatic N) is 5. The third kappa shape index (κ3) is 3.53. The quantitative estimate of drug-likeness (QED) is 0.271. The van der Waals surface area contributed by atoms with Crippen molar-refractivity contribution in [3.63, 3.8) is 0 Å². The number of ketones is 1. The van der Waals surface area contributed by atoms with Crippen LogP contribution < -0.4 is 5.32 Å². The third-order valence-electron chi connectivity index (χ3n) is 7.75. The van der Waals surface area contributed by atoms with E-state index in [2.05, 4.69) is 19.7 Å². The van der Waals surface area contributed by atoms with Crippen molar-refractivity contribution in [2.24, 2.45) is 33.2 Å². The van der Waals surface area contributed by atoms with E-state index in [1.807, 2.05) is 0 Å². The number of fused-ring (bicyclic) bond motifs is 6. The number of Topliss-reactive ketones (excluding diaryl/α,β-unsaturated/α-hetero) is 1. The molecule has 4 aliphatic rings. The normalized spacial score (nSPS) is 29.8. The number of benzene rings is 1. The second-order valence-corrected chi connectivity index (χ2v) is 12.1. The zero-order valence-corrected chi connectivity index (χ0v) is 20.5. The van der Waals surface area contributed by atoms with E-state index < -0.39 is 21.8 Å². The zero-order valence-electron chi connectivity index (χ0n) is 18.9. The number of sulfonamides is 1. The van der Waals surface area contributed by atoms with Gasteiger partial charge in [-0.3, -0.25) is 9.59 Å². The number of amides is 1. The van der Waals surface area contributed by atoms with E-state index in [1.165, 1.54) is 12.1 Å². The van der Waals surface area contributed by atoms with Crippen LogP contribution in [0.25, 0.3) is 10.4 Å². The molecule has 186 valence electrons. The van der Waals surface area contributed by atoms with Gasteiger partial charge in [0, 0.05) is 23.4 Å². The van der Waals surface area contributed by atoms with Crippen LogP contribution in [0.2, 0.25) is 0 Å². The molecule has 10 nitrogen and oxygen atoms in total. The second kappa shape index (κ2) is 8.39. The molecule has 2 aliphatic heterocycles. The summed E-state index contributed by atoms with van der Waals surface area (Å²) in [6.45, 7) is 0.0432. The number of carbonyl (C=O) groups is 2. The second-order valence-electron chi connectivity index (χ2n) is 9.66. The average Bonchev–Trinajstić information content (AvgIpc) is 3.56. The molecular formula is C23H21FN6O4S2. The Morgan fingerprint density at radius 1 is 1.22 bits per heavy atom. The lowest BCUT2D eigenvalue weighted by molar-refractivity contribution is -0.153. The Morgan fingerprint density at radius 2 is 1.97 bits per heavy atom. The summed E-state index contributed by atoms with van der Waals surface area (Å²) in [5.74, 6) is -2.75. The smallest absolute Gasteiger partial charge is 0.287 e. The van der Waals surface area contributed by atoms with Crippen molar-refractivity contribution in [3.8, 4) is 0 Å². The van der Waals surface area contributed by atoms with Gasteiger partial charge in [-0.15, -0.1) is 15.7 Å². The summed E-state index contributed by atoms with van der Waals surface area (Å²) in [7, 11) is -4.23. The maximum atomic E-state index is 13.9. The Hall–Kier alpha value is -3.28. The largest absolute Gasteiger partial charge is 0.333 e. The van der Waals surface area contributed by atoms with Crippen molar-refractivity contribution in [2.75, 3.05) is 5.32 Å². The molecule has 0 spiro atoms. The summed E-state index contributed by atoms with van der Waals surface area (Å²) in [4.78, 5) is 31.9. The molecule has 2 bridgehead atoms. The van der Waals surface area contributed by atoms with E-state index in [0.29, 0.717) is 5.56 Å². The zero-order chi connectivity index (χ0) is 25.2. The maximum absolute atomic E-state index is 13.9. The summed E-state index contributed by atoms with van der Waals surface area (Å²) < 4.78 is 43.6. The molecule has 36 heavy (non-hydrogen) atoms. The lowest BCUT2D eigenvalue weighted by atomic mass is 9.73. The number of amidine groups is 1. The minimum atomic E-state index is -4.23. The number of hydrogen-bond donors (Lipinski definition) is 1. The number of carbonyl (C=O) groups excluding carboxylic acids is 2. The van der Waals surface area contributed by atoms with Gasteiger partial charge in [0.15, 0.2) is 11.7 Å². The molecule has 1 amide bonds. The minimum Gasteiger partial charge on any atom is -0.333 e. The SMILES string of the molecule is [N-]=[N+]=NCc1csc2c1S(=O)(=O)N=C(C1C(=O)C3C([C@@H]4CC[C@H]3C4)N(Cc3ccc(F)cc3)C1=O)N2. The Bertz CT molecular complexity index is 1460. The van der Waals surface area contributed by atoms with Crippen LogP contribution in [0.1, 0.15) is 30.4 Å². The fourth-order valence-electron chi connectivity index (χ4n) is 6.37. The van der Waals surface area contributed by atoms with Gasteiger partial charge >= 0.3 is 0 Å². The predicted molar refractivity (Wildman–Crippen MR) is 129 cm³/mol. The van der Waals surface area contributed by atoms with Crippen LogP contribution in [0.5, 0.6) is 0 Å². The number of likely N-dealkylation sites (tertiary alicyclic amines) is 1. The van der Waals surface area contributed by atoms with Gasteiger partial charge in [-0.05, 0) is 65.3 Å². The Kier molecular flexibility index (Phi) is 5.39. The van der Waals surface area contributed by atoms with Gasteiger partial charge in [0.1, 0.15) is 21.5 Å². The van der Waals surface area contributed by atoms with Gasteiger partial charge in [-0.1, -0.05) is 17.2 Å². The highest BCUT2D eigenvalue weighted by Crippen LogP contribution is 2.54. The lowest BCUT2D eigenvalue weighted by Crippen LogP contribution is -2.61. The molecule has 1 N–H and O–H groups in total. The number of rotatable bonds is 5. The first-order valence-corrected chi connectivity index (χ1v) is 13.9. The molecule has 3 unspecified atom stereocenters. The summed E-state index contributed by atoms with van der Waals surface area (Å²) >= 11 is 1.09. The van der Waals surface area contributed by atoms with E-state index in [0.717, 1.165) is 36.2 Å². The Labute approximate surface area is 209 Å². The van der Waals surface area contributed by atoms with Crippen molar-refractivity contribution in [1.82, 2.24) is 4.90 Å². The first-order chi connectivity index (χ1) is 17.3. The van der Waals surface area contributed by atoms with Crippen molar-refractivity contribution in [2.45, 2.75) is 43.3 Å². The molecule has 3 heterocycles. The first-order valence-electron chi connectivity index (χ1n) is 11.6. The van der Waals surface area contributed by atoms with Crippen molar-refractivity contribution >= 4 is 43.9 Å². The van der Waals surface area contributed by atoms with Gasteiger partial charge < -0.3 is 10.2 Å². The van der Waals surface area contributed by atoms with Gasteiger partial charge in [0.2, 0.25) is 5.91 Å². The van der Waals surface area contributed by atoms with Gasteiger partial charge in [0.25, 0.3) is 10.0 Å². The Balaban J connectivity index is 1.38. The topological polar surface area (TPSA) is 145 Å². The number of thiophene rings is 1. The number of anilines is 1. The van der Waals surface area contributed by atoms with Crippen LogP contribution in [-0.4, -0.2) is 36.9 Å². The van der Waals surface area contributed by atoms with Crippen molar-refractivity contribution < 1.29 is 22.4 Å². The molecule has 2 saturated carbocycles. The van der Waals surface area contributed by atoms with Crippen LogP contribution in [-0.2, 0) is 32.7 Å². The number of azide groups is 1. The molecule has 2 aromatic rings. The summed E-state index contributed by atoms with van der Waals surface area (Å²) in [6, 6.07) is 5.63. The van der Waals surface area contributed by atoms with E-state index >= 15 is 0 Å². The molecule has 1 saturated heterocycles. The number of nitrogens with one attached hydrogen (secondary N) is 1. The highest BCUT2D eigenvalue weighted by Gasteiger charge is 2.60. The van der Waals surface area contributed by atoms with Crippen molar-refractivity contribution in [1.29, 1.82) is 0 Å². The molecule has 0 radical (unpaired) electrons. The fourth-order valence-corrected chi connectivity index (χ4v) is 9.00. The van der Waals surface area contributed by atoms with Crippen LogP contribution in [0.15, 0.2) is 44.1 Å². The standard InChI is InChI=1S/C23H21FN6O4S2/c24-15-5-1-11(2-6-15)9-30-18-13-4-3-12(7-13)16(18)19(31)17(23(30)32)21-27-22-20(36(33,34)28-21)14(10-35-22)8-26-29-25/h1-2,5-6,10,12-13,16-18H,3-4,7-9H2,(H,27,28)/t12-,13+,16?,17?,18?/m0/s1. The highest BCUT2D eigenvalue weighted by atomic mass is 32.2. The lowest BCUT2D eigenvalue weighted by Gasteiger charge is -2.45. The molecule has 13 heteroatoms. The monoisotopic (exact) mass is 528 g/mol. The first kappa shape index (κ1) is 23.1. The predicted octanol–water partition coefficient (Wildman–Crippen LogP) is 3.85. The van der Waals surface area contributed by atoms with Crippen molar-refractivity contribution in [3.05, 3.63) is 57.0 Å². The van der Waals surface area contributed by atoms with E-state index in [-0.39, 0.29) is 64.2 Å². The summed E-state index contributed by atoms with van der Waals surface area (Å²) in [6.07, 6.45) is 2.70. The number of halogens is 1. The van der Waals surface area contributed by atoms with Gasteiger partial charge in [0.05, 0.1) is 6.54 Å². The molecule has 3 fully saturated rings. The maximum Gasteiger partial charge on any atom is 0.287 e. The van der Waals surface area contributed by atoms with Crippen LogP contribution in [0.4, 0.5) is 9.39 Å². The van der Waals surface area contributed by atoms with E-state index in [4.69, 9.17) is 5.53 Å². The third-order valence-corrected chi connectivity index (χ3v) is 10.2. The van der Waals surface area contributed by atoms with E-state index in [9.17, 15) is 22.4 Å². The van der Waals surface area contributed by atoms with Gasteiger partial charge in [-0.2, -0.15) is 8.42 Å². The van der Waals surface area contributed by atoms with Gasteiger partial charge in [-0.25, -0.2) is 4.39 Å². The molecule has 6 rings (SSSR count). The van der Waals surface area contributed by atoms with Crippen LogP contribution in [0, 0.1) is 29.5 Å². The number of hydrogen-bond acceptors (Lipinski definition) is 7. The number of piperidine rings is 1. The minimum absolute atomic E-state index is 0.0969. The van der Waals surface area contributed by atoms with Crippen LogP contribution >= 0.6 is 11.3 Å². The van der Waals surface area contributed by atoms with Crippen LogP contribution in [0.3, 0.4) is 0 Å². The molecule has 1 aromatic carbocycles. The summed E-state index contributed by atoms with van der Waals surface area (Å²) in [5, 5.41) is 8.17. The van der Waals surface area contributed by atoms with E-state index in [1.54, 1.807) is 22.4 Å². The Morgan fingerprint density at radius 3 is 2.72 bits per heavy atom. The fraction of sp³-hybridized carbons (Fsp3) is 0.435. The molecule has 5 atom stereocenters.